The highest BCUT2D eigenvalue weighted by atomic mass is 19.1. The Kier molecular flexibility index (Phi) is 6.37. The van der Waals surface area contributed by atoms with Crippen molar-refractivity contribution >= 4 is 11.9 Å². The average molecular weight is 325 g/mol. The van der Waals surface area contributed by atoms with Crippen LogP contribution in [0.3, 0.4) is 0 Å². The normalized spacial score (nSPS) is 22.2. The van der Waals surface area contributed by atoms with Crippen molar-refractivity contribution in [1.29, 1.82) is 0 Å². The molecule has 1 aromatic heterocycles. The standard InChI is InChI=1S/C15H24FN5O2/c1-11(14(22)17-9-7-16)19-15(23)20-12-5-2-3-6-13(12)21-10-4-8-18-21/h4,8,10-13H,2-3,5-7,9H2,1H3,(H,17,22)(H2,19,20,23). The Morgan fingerprint density at radius 1 is 1.39 bits per heavy atom. The Morgan fingerprint density at radius 2 is 2.17 bits per heavy atom. The second-order valence-corrected chi connectivity index (χ2v) is 5.76. The minimum absolute atomic E-state index is 0.0234. The summed E-state index contributed by atoms with van der Waals surface area (Å²) in [5.74, 6) is -0.398. The number of nitrogens with zero attached hydrogens (tertiary/aromatic N) is 2. The van der Waals surface area contributed by atoms with Crippen LogP contribution in [0.1, 0.15) is 38.6 Å². The van der Waals surface area contributed by atoms with Gasteiger partial charge >= 0.3 is 6.03 Å². The van der Waals surface area contributed by atoms with Gasteiger partial charge in [0, 0.05) is 18.9 Å². The third-order valence-corrected chi connectivity index (χ3v) is 4.05. The molecule has 0 spiro atoms. The molecule has 128 valence electrons. The van der Waals surface area contributed by atoms with Gasteiger partial charge in [-0.05, 0) is 25.8 Å². The Morgan fingerprint density at radius 3 is 2.87 bits per heavy atom. The summed E-state index contributed by atoms with van der Waals surface area (Å²) in [4.78, 5) is 23.8. The molecule has 2 rings (SSSR count). The van der Waals surface area contributed by atoms with E-state index in [0.717, 1.165) is 25.7 Å². The van der Waals surface area contributed by atoms with Gasteiger partial charge in [-0.2, -0.15) is 5.10 Å². The number of rotatable bonds is 6. The van der Waals surface area contributed by atoms with Gasteiger partial charge in [0.15, 0.2) is 0 Å². The molecule has 0 aliphatic heterocycles. The van der Waals surface area contributed by atoms with E-state index in [9.17, 15) is 14.0 Å². The lowest BCUT2D eigenvalue weighted by Crippen LogP contribution is -2.53. The first-order valence-corrected chi connectivity index (χ1v) is 8.01. The fourth-order valence-electron chi connectivity index (χ4n) is 2.87. The van der Waals surface area contributed by atoms with E-state index >= 15 is 0 Å². The van der Waals surface area contributed by atoms with Crippen molar-refractivity contribution < 1.29 is 14.0 Å². The van der Waals surface area contributed by atoms with E-state index in [1.54, 1.807) is 13.1 Å². The number of halogens is 1. The summed E-state index contributed by atoms with van der Waals surface area (Å²) in [6.07, 6.45) is 7.61. The summed E-state index contributed by atoms with van der Waals surface area (Å²) in [6, 6.07) is 0.860. The van der Waals surface area contributed by atoms with Crippen molar-refractivity contribution in [3.05, 3.63) is 18.5 Å². The van der Waals surface area contributed by atoms with E-state index in [-0.39, 0.29) is 18.6 Å². The number of alkyl halides is 1. The van der Waals surface area contributed by atoms with E-state index in [1.807, 2.05) is 16.9 Å². The molecule has 3 amide bonds. The van der Waals surface area contributed by atoms with Crippen molar-refractivity contribution in [3.63, 3.8) is 0 Å². The SMILES string of the molecule is CC(NC(=O)NC1CCCCC1n1cccn1)C(=O)NCCF. The number of carbonyl (C=O) groups excluding carboxylic acids is 2. The predicted molar refractivity (Wildman–Crippen MR) is 83.6 cm³/mol. The first-order chi connectivity index (χ1) is 11.1. The molecule has 1 aromatic rings. The summed E-state index contributed by atoms with van der Waals surface area (Å²) in [5, 5.41) is 12.2. The molecular formula is C15H24FN5O2. The van der Waals surface area contributed by atoms with E-state index in [1.165, 1.54) is 0 Å². The molecule has 1 aliphatic carbocycles. The van der Waals surface area contributed by atoms with Crippen molar-refractivity contribution in [2.45, 2.75) is 50.7 Å². The van der Waals surface area contributed by atoms with Crippen LogP contribution >= 0.6 is 0 Å². The molecule has 3 N–H and O–H groups in total. The fourth-order valence-corrected chi connectivity index (χ4v) is 2.87. The van der Waals surface area contributed by atoms with E-state index in [4.69, 9.17) is 0 Å². The minimum Gasteiger partial charge on any atom is -0.352 e. The Bertz CT molecular complexity index is 508. The van der Waals surface area contributed by atoms with Crippen LogP contribution in [0.15, 0.2) is 18.5 Å². The smallest absolute Gasteiger partial charge is 0.315 e. The van der Waals surface area contributed by atoms with E-state index < -0.39 is 24.7 Å². The van der Waals surface area contributed by atoms with Gasteiger partial charge in [-0.15, -0.1) is 0 Å². The largest absolute Gasteiger partial charge is 0.352 e. The molecule has 1 fully saturated rings. The molecule has 8 heteroatoms. The van der Waals surface area contributed by atoms with Crippen molar-refractivity contribution in [2.75, 3.05) is 13.2 Å². The van der Waals surface area contributed by atoms with Crippen LogP contribution in [-0.4, -0.2) is 47.0 Å². The lowest BCUT2D eigenvalue weighted by molar-refractivity contribution is -0.122. The van der Waals surface area contributed by atoms with Gasteiger partial charge in [-0.1, -0.05) is 12.8 Å². The maximum Gasteiger partial charge on any atom is 0.315 e. The molecule has 1 heterocycles. The van der Waals surface area contributed by atoms with Gasteiger partial charge in [-0.3, -0.25) is 9.48 Å². The number of hydrogen-bond donors (Lipinski definition) is 3. The number of aromatic nitrogens is 2. The molecule has 1 saturated carbocycles. The topological polar surface area (TPSA) is 88.1 Å². The van der Waals surface area contributed by atoms with Gasteiger partial charge in [-0.25, -0.2) is 9.18 Å². The Hall–Kier alpha value is -2.12. The lowest BCUT2D eigenvalue weighted by Gasteiger charge is -2.32. The summed E-state index contributed by atoms with van der Waals surface area (Å²) in [6.45, 7) is 0.897. The van der Waals surface area contributed by atoms with Crippen molar-refractivity contribution in [2.24, 2.45) is 0 Å². The van der Waals surface area contributed by atoms with Gasteiger partial charge in [0.25, 0.3) is 0 Å². The molecule has 0 bridgehead atoms. The van der Waals surface area contributed by atoms with Crippen molar-refractivity contribution in [1.82, 2.24) is 25.7 Å². The maximum atomic E-state index is 12.1. The molecule has 7 nitrogen and oxygen atoms in total. The highest BCUT2D eigenvalue weighted by Crippen LogP contribution is 2.27. The number of urea groups is 1. The summed E-state index contributed by atoms with van der Waals surface area (Å²) >= 11 is 0. The van der Waals surface area contributed by atoms with Crippen LogP contribution in [-0.2, 0) is 4.79 Å². The minimum atomic E-state index is -0.715. The third-order valence-electron chi connectivity index (χ3n) is 4.05. The Balaban J connectivity index is 1.86. The summed E-state index contributed by atoms with van der Waals surface area (Å²) in [7, 11) is 0. The molecular weight excluding hydrogens is 301 g/mol. The third kappa shape index (κ3) is 4.94. The zero-order chi connectivity index (χ0) is 16.7. The van der Waals surface area contributed by atoms with Crippen LogP contribution in [0.25, 0.3) is 0 Å². The van der Waals surface area contributed by atoms with Crippen LogP contribution < -0.4 is 16.0 Å². The second kappa shape index (κ2) is 8.50. The van der Waals surface area contributed by atoms with Crippen LogP contribution in [0.2, 0.25) is 0 Å². The molecule has 1 aliphatic rings. The molecule has 3 atom stereocenters. The van der Waals surface area contributed by atoms with E-state index in [2.05, 4.69) is 21.0 Å². The number of hydrogen-bond acceptors (Lipinski definition) is 3. The van der Waals surface area contributed by atoms with Crippen LogP contribution in [0.4, 0.5) is 9.18 Å². The summed E-state index contributed by atoms with van der Waals surface area (Å²) < 4.78 is 13.9. The first-order valence-electron chi connectivity index (χ1n) is 8.01. The van der Waals surface area contributed by atoms with Gasteiger partial charge in [0.2, 0.25) is 5.91 Å². The van der Waals surface area contributed by atoms with Gasteiger partial charge in [0.1, 0.15) is 12.7 Å². The number of nitrogens with one attached hydrogen (secondary N) is 3. The van der Waals surface area contributed by atoms with Crippen LogP contribution in [0.5, 0.6) is 0 Å². The number of carbonyl (C=O) groups is 2. The lowest BCUT2D eigenvalue weighted by atomic mass is 9.90. The molecule has 23 heavy (non-hydrogen) atoms. The zero-order valence-electron chi connectivity index (χ0n) is 13.3. The first kappa shape index (κ1) is 17.2. The highest BCUT2D eigenvalue weighted by Gasteiger charge is 2.28. The Labute approximate surface area is 135 Å². The fraction of sp³-hybridized carbons (Fsp3) is 0.667. The molecule has 0 aromatic carbocycles. The maximum absolute atomic E-state index is 12.1. The van der Waals surface area contributed by atoms with Gasteiger partial charge in [0.05, 0.1) is 12.1 Å². The molecule has 3 unspecified atom stereocenters. The summed E-state index contributed by atoms with van der Waals surface area (Å²) in [5.41, 5.74) is 0. The zero-order valence-corrected chi connectivity index (χ0v) is 13.3. The van der Waals surface area contributed by atoms with Gasteiger partial charge < -0.3 is 16.0 Å². The van der Waals surface area contributed by atoms with Crippen molar-refractivity contribution in [3.8, 4) is 0 Å². The molecule has 0 saturated heterocycles. The average Bonchev–Trinajstić information content (AvgIpc) is 3.07. The number of amides is 3. The van der Waals surface area contributed by atoms with E-state index in [0.29, 0.717) is 0 Å². The highest BCUT2D eigenvalue weighted by molar-refractivity contribution is 5.86. The van der Waals surface area contributed by atoms with Crippen LogP contribution in [0, 0.1) is 0 Å². The predicted octanol–water partition coefficient (Wildman–Crippen LogP) is 1.14. The monoisotopic (exact) mass is 325 g/mol. The second-order valence-electron chi connectivity index (χ2n) is 5.76. The quantitative estimate of drug-likeness (QED) is 0.733. The molecule has 0 radical (unpaired) electrons.